The predicted octanol–water partition coefficient (Wildman–Crippen LogP) is 1.43. The normalized spacial score (nSPS) is 12.7. The van der Waals surface area contributed by atoms with Crippen LogP contribution in [0.3, 0.4) is 0 Å². The third-order valence-electron chi connectivity index (χ3n) is 4.17. The highest BCUT2D eigenvalue weighted by Crippen LogP contribution is 2.13. The van der Waals surface area contributed by atoms with Crippen LogP contribution in [0.2, 0.25) is 0 Å². The molecule has 0 spiro atoms. The van der Waals surface area contributed by atoms with Crippen molar-refractivity contribution in [2.45, 2.75) is 51.9 Å². The first-order chi connectivity index (χ1) is 10.4. The molecule has 0 aromatic heterocycles. The number of unbranched alkanes of at least 4 members (excludes halogenated alkanes) is 5. The van der Waals surface area contributed by atoms with Gasteiger partial charge in [0.05, 0.1) is 32.1 Å². The van der Waals surface area contributed by atoms with Crippen LogP contribution in [0.4, 0.5) is 0 Å². The lowest BCUT2D eigenvalue weighted by Crippen LogP contribution is -2.53. The monoisotopic (exact) mass is 340 g/mol. The van der Waals surface area contributed by atoms with Crippen molar-refractivity contribution in [1.82, 2.24) is 0 Å². The predicted molar refractivity (Wildman–Crippen MR) is 88.3 cm³/mol. The standard InChI is InChI=1S/C15H33NO5S/c1-2-3-4-5-6-7-9-16(11-13-17,12-14-18)10-8-15-22(19,20)21/h17-18H,2-15H2,1H3/p+1. The zero-order valence-electron chi connectivity index (χ0n) is 13.9. The van der Waals surface area contributed by atoms with Gasteiger partial charge in [-0.1, -0.05) is 32.6 Å². The highest BCUT2D eigenvalue weighted by molar-refractivity contribution is 7.85. The van der Waals surface area contributed by atoms with Gasteiger partial charge in [-0.2, -0.15) is 8.42 Å². The molecule has 0 aliphatic carbocycles. The first-order valence-corrected chi connectivity index (χ1v) is 10.0. The van der Waals surface area contributed by atoms with Crippen molar-refractivity contribution < 1.29 is 27.7 Å². The molecule has 0 aromatic carbocycles. The Bertz CT molecular complexity index is 353. The quantitative estimate of drug-likeness (QED) is 0.238. The van der Waals surface area contributed by atoms with E-state index in [2.05, 4.69) is 6.92 Å². The Morgan fingerprint density at radius 3 is 1.77 bits per heavy atom. The van der Waals surface area contributed by atoms with E-state index in [1.54, 1.807) is 0 Å². The van der Waals surface area contributed by atoms with Crippen LogP contribution in [-0.4, -0.2) is 72.8 Å². The molecular formula is C15H34NO5S+. The van der Waals surface area contributed by atoms with E-state index >= 15 is 0 Å². The smallest absolute Gasteiger partial charge is 0.265 e. The van der Waals surface area contributed by atoms with Crippen LogP contribution in [-0.2, 0) is 10.1 Å². The summed E-state index contributed by atoms with van der Waals surface area (Å²) in [6, 6.07) is 0. The molecule has 3 N–H and O–H groups in total. The zero-order chi connectivity index (χ0) is 16.9. The highest BCUT2D eigenvalue weighted by Gasteiger charge is 2.26. The molecule has 0 heterocycles. The molecule has 0 unspecified atom stereocenters. The van der Waals surface area contributed by atoms with Crippen LogP contribution < -0.4 is 0 Å². The van der Waals surface area contributed by atoms with Crippen molar-refractivity contribution in [3.8, 4) is 0 Å². The molecule has 0 atom stereocenters. The summed E-state index contributed by atoms with van der Waals surface area (Å²) in [5.74, 6) is -0.264. The average Bonchev–Trinajstić information content (AvgIpc) is 2.42. The maximum absolute atomic E-state index is 10.8. The number of rotatable bonds is 15. The Morgan fingerprint density at radius 2 is 1.27 bits per heavy atom. The molecule has 0 amide bonds. The first-order valence-electron chi connectivity index (χ1n) is 8.41. The summed E-state index contributed by atoms with van der Waals surface area (Å²) < 4.78 is 31.0. The van der Waals surface area contributed by atoms with E-state index in [0.29, 0.717) is 30.5 Å². The van der Waals surface area contributed by atoms with Crippen molar-refractivity contribution in [3.63, 3.8) is 0 Å². The van der Waals surface area contributed by atoms with Crippen LogP contribution in [0.25, 0.3) is 0 Å². The van der Waals surface area contributed by atoms with Crippen LogP contribution in [0, 0.1) is 0 Å². The largest absolute Gasteiger partial charge is 0.391 e. The molecule has 0 saturated carbocycles. The van der Waals surface area contributed by atoms with Crippen molar-refractivity contribution in [1.29, 1.82) is 0 Å². The summed E-state index contributed by atoms with van der Waals surface area (Å²) in [6.07, 6.45) is 7.36. The molecule has 0 saturated heterocycles. The van der Waals surface area contributed by atoms with Crippen LogP contribution >= 0.6 is 0 Å². The Morgan fingerprint density at radius 1 is 0.773 bits per heavy atom. The van der Waals surface area contributed by atoms with Crippen molar-refractivity contribution in [3.05, 3.63) is 0 Å². The fourth-order valence-corrected chi connectivity index (χ4v) is 3.40. The third-order valence-corrected chi connectivity index (χ3v) is 4.97. The van der Waals surface area contributed by atoms with E-state index in [0.717, 1.165) is 19.4 Å². The number of aliphatic hydroxyl groups excluding tert-OH is 2. The topological polar surface area (TPSA) is 94.8 Å². The van der Waals surface area contributed by atoms with Gasteiger partial charge < -0.3 is 14.7 Å². The van der Waals surface area contributed by atoms with Crippen LogP contribution in [0.5, 0.6) is 0 Å². The molecule has 6 nitrogen and oxygen atoms in total. The first kappa shape index (κ1) is 21.8. The second-order valence-corrected chi connectivity index (χ2v) is 7.66. The van der Waals surface area contributed by atoms with Gasteiger partial charge in [-0.25, -0.2) is 0 Å². The van der Waals surface area contributed by atoms with E-state index < -0.39 is 10.1 Å². The van der Waals surface area contributed by atoms with Gasteiger partial charge >= 0.3 is 0 Å². The number of aliphatic hydroxyl groups is 2. The molecule has 0 bridgehead atoms. The van der Waals surface area contributed by atoms with Crippen LogP contribution in [0.15, 0.2) is 0 Å². The van der Waals surface area contributed by atoms with Gasteiger partial charge in [0, 0.05) is 6.42 Å². The minimum atomic E-state index is -3.95. The Balaban J connectivity index is 4.37. The molecule has 0 rings (SSSR count). The van der Waals surface area contributed by atoms with Crippen LogP contribution in [0.1, 0.15) is 51.9 Å². The van der Waals surface area contributed by atoms with Gasteiger partial charge in [-0.15, -0.1) is 0 Å². The Hall–Kier alpha value is -0.210. The van der Waals surface area contributed by atoms with Gasteiger partial charge in [-0.3, -0.25) is 4.55 Å². The molecule has 7 heteroatoms. The number of quaternary nitrogens is 1. The molecule has 134 valence electrons. The fraction of sp³-hybridized carbons (Fsp3) is 1.00. The van der Waals surface area contributed by atoms with Gasteiger partial charge in [0.15, 0.2) is 0 Å². The lowest BCUT2D eigenvalue weighted by atomic mass is 10.1. The SMILES string of the molecule is CCCCCCCC[N+](CCO)(CCO)CCCS(=O)(=O)O. The Kier molecular flexibility index (Phi) is 12.1. The van der Waals surface area contributed by atoms with Crippen molar-refractivity contribution in [2.75, 3.05) is 45.1 Å². The third kappa shape index (κ3) is 11.4. The van der Waals surface area contributed by atoms with E-state index in [-0.39, 0.29) is 19.0 Å². The van der Waals surface area contributed by atoms with E-state index in [4.69, 9.17) is 4.55 Å². The number of nitrogens with zero attached hydrogens (tertiary/aromatic N) is 1. The maximum Gasteiger partial charge on any atom is 0.265 e. The highest BCUT2D eigenvalue weighted by atomic mass is 32.2. The second-order valence-electron chi connectivity index (χ2n) is 6.09. The molecular weight excluding hydrogens is 306 g/mol. The van der Waals surface area contributed by atoms with Crippen molar-refractivity contribution in [2.24, 2.45) is 0 Å². The summed E-state index contributed by atoms with van der Waals surface area (Å²) in [6.45, 7) is 4.62. The molecule has 0 aromatic rings. The number of hydrogen-bond donors (Lipinski definition) is 3. The van der Waals surface area contributed by atoms with Gasteiger partial charge in [-0.05, 0) is 12.8 Å². The van der Waals surface area contributed by atoms with E-state index in [1.165, 1.54) is 25.7 Å². The molecule has 0 radical (unpaired) electrons. The summed E-state index contributed by atoms with van der Waals surface area (Å²) >= 11 is 0. The second kappa shape index (κ2) is 12.2. The molecule has 0 fully saturated rings. The maximum atomic E-state index is 10.8. The lowest BCUT2D eigenvalue weighted by molar-refractivity contribution is -0.928. The Labute approximate surface area is 135 Å². The summed E-state index contributed by atoms with van der Waals surface area (Å²) in [5, 5.41) is 18.6. The average molecular weight is 341 g/mol. The molecule has 0 aliphatic rings. The summed E-state index contributed by atoms with van der Waals surface area (Å²) in [5.41, 5.74) is 0. The number of hydrogen-bond acceptors (Lipinski definition) is 4. The lowest BCUT2D eigenvalue weighted by Gasteiger charge is -2.38. The summed E-state index contributed by atoms with van der Waals surface area (Å²) in [7, 11) is -3.95. The zero-order valence-corrected chi connectivity index (χ0v) is 14.7. The van der Waals surface area contributed by atoms with Gasteiger partial charge in [0.1, 0.15) is 13.1 Å². The minimum absolute atomic E-state index is 0.0156. The van der Waals surface area contributed by atoms with E-state index in [1.807, 2.05) is 0 Å². The molecule has 0 aliphatic heterocycles. The van der Waals surface area contributed by atoms with Gasteiger partial charge in [0.25, 0.3) is 10.1 Å². The fourth-order valence-electron chi connectivity index (χ4n) is 2.90. The van der Waals surface area contributed by atoms with Gasteiger partial charge in [0.2, 0.25) is 0 Å². The van der Waals surface area contributed by atoms with E-state index in [9.17, 15) is 18.6 Å². The molecule has 22 heavy (non-hydrogen) atoms. The minimum Gasteiger partial charge on any atom is -0.391 e. The van der Waals surface area contributed by atoms with Crippen molar-refractivity contribution >= 4 is 10.1 Å². The summed E-state index contributed by atoms with van der Waals surface area (Å²) in [4.78, 5) is 0.